The number of nitrogens with one attached hydrogen (secondary N) is 1. The van der Waals surface area contributed by atoms with Gasteiger partial charge in [0.05, 0.1) is 17.6 Å². The van der Waals surface area contributed by atoms with E-state index in [2.05, 4.69) is 61.0 Å². The van der Waals surface area contributed by atoms with Crippen molar-refractivity contribution in [2.75, 3.05) is 5.32 Å². The van der Waals surface area contributed by atoms with E-state index in [1.165, 1.54) is 11.3 Å². The molecule has 1 N–H and O–H groups in total. The van der Waals surface area contributed by atoms with Crippen LogP contribution < -0.4 is 5.32 Å². The van der Waals surface area contributed by atoms with Gasteiger partial charge in [-0.25, -0.2) is 0 Å². The SMILES string of the molecule is Cc1nn(CC(C)C)cc1NCc1cnn(C(C)C)c1C. The van der Waals surface area contributed by atoms with E-state index >= 15 is 0 Å². The van der Waals surface area contributed by atoms with Crippen molar-refractivity contribution in [2.24, 2.45) is 5.92 Å². The Morgan fingerprint density at radius 1 is 1.19 bits per heavy atom. The molecule has 0 aliphatic rings. The molecule has 2 rings (SSSR count). The van der Waals surface area contributed by atoms with Crippen molar-refractivity contribution in [1.82, 2.24) is 19.6 Å². The molecule has 0 saturated carbocycles. The topological polar surface area (TPSA) is 47.7 Å². The molecule has 0 unspecified atom stereocenters. The summed E-state index contributed by atoms with van der Waals surface area (Å²) in [6.45, 7) is 14.6. The Balaban J connectivity index is 2.05. The summed E-state index contributed by atoms with van der Waals surface area (Å²) >= 11 is 0. The molecule has 0 radical (unpaired) electrons. The summed E-state index contributed by atoms with van der Waals surface area (Å²) in [7, 11) is 0. The van der Waals surface area contributed by atoms with Gasteiger partial charge in [-0.2, -0.15) is 10.2 Å². The van der Waals surface area contributed by atoms with Crippen LogP contribution >= 0.6 is 0 Å². The molecule has 0 aliphatic heterocycles. The molecular weight excluding hydrogens is 262 g/mol. The normalized spacial score (nSPS) is 11.6. The van der Waals surface area contributed by atoms with Crippen molar-refractivity contribution in [3.05, 3.63) is 29.3 Å². The maximum atomic E-state index is 4.55. The van der Waals surface area contributed by atoms with Crippen LogP contribution in [0, 0.1) is 19.8 Å². The molecule has 0 aliphatic carbocycles. The zero-order chi connectivity index (χ0) is 15.6. The van der Waals surface area contributed by atoms with Crippen LogP contribution in [0.15, 0.2) is 12.4 Å². The monoisotopic (exact) mass is 289 g/mol. The summed E-state index contributed by atoms with van der Waals surface area (Å²) in [6, 6.07) is 0.397. The summed E-state index contributed by atoms with van der Waals surface area (Å²) in [5.41, 5.74) is 4.61. The van der Waals surface area contributed by atoms with Crippen molar-refractivity contribution >= 4 is 5.69 Å². The summed E-state index contributed by atoms with van der Waals surface area (Å²) < 4.78 is 4.08. The Morgan fingerprint density at radius 3 is 2.48 bits per heavy atom. The molecule has 0 spiro atoms. The summed E-state index contributed by atoms with van der Waals surface area (Å²) in [5.74, 6) is 0.601. The fourth-order valence-electron chi connectivity index (χ4n) is 2.50. The molecule has 5 heteroatoms. The van der Waals surface area contributed by atoms with Crippen LogP contribution in [-0.2, 0) is 13.1 Å². The van der Waals surface area contributed by atoms with E-state index in [0.29, 0.717) is 12.0 Å². The molecule has 21 heavy (non-hydrogen) atoms. The quantitative estimate of drug-likeness (QED) is 0.884. The van der Waals surface area contributed by atoms with Gasteiger partial charge in [0, 0.05) is 36.6 Å². The first-order valence-corrected chi connectivity index (χ1v) is 7.69. The van der Waals surface area contributed by atoms with Crippen LogP contribution in [0.25, 0.3) is 0 Å². The highest BCUT2D eigenvalue weighted by molar-refractivity contribution is 5.46. The van der Waals surface area contributed by atoms with E-state index in [0.717, 1.165) is 24.5 Å². The Hall–Kier alpha value is -1.78. The molecule has 2 aromatic rings. The highest BCUT2D eigenvalue weighted by Gasteiger charge is 2.10. The lowest BCUT2D eigenvalue weighted by molar-refractivity contribution is 0.481. The smallest absolute Gasteiger partial charge is 0.0825 e. The molecule has 0 amide bonds. The number of aromatic nitrogens is 4. The van der Waals surface area contributed by atoms with Crippen molar-refractivity contribution in [1.29, 1.82) is 0 Å². The van der Waals surface area contributed by atoms with Crippen LogP contribution in [0.5, 0.6) is 0 Å². The first-order chi connectivity index (χ1) is 9.88. The number of rotatable bonds is 6. The van der Waals surface area contributed by atoms with Crippen molar-refractivity contribution in [2.45, 2.75) is 60.7 Å². The first kappa shape index (κ1) is 15.6. The summed E-state index contributed by atoms with van der Waals surface area (Å²) in [4.78, 5) is 0. The minimum Gasteiger partial charge on any atom is -0.378 e. The molecule has 0 saturated heterocycles. The Labute approximate surface area is 127 Å². The van der Waals surface area contributed by atoms with E-state index in [1.807, 2.05) is 17.8 Å². The number of hydrogen-bond donors (Lipinski definition) is 1. The number of hydrogen-bond acceptors (Lipinski definition) is 3. The van der Waals surface area contributed by atoms with Gasteiger partial charge in [0.15, 0.2) is 0 Å². The van der Waals surface area contributed by atoms with Gasteiger partial charge >= 0.3 is 0 Å². The van der Waals surface area contributed by atoms with Crippen molar-refractivity contribution in [3.63, 3.8) is 0 Å². The predicted octanol–water partition coefficient (Wildman–Crippen LogP) is 3.55. The van der Waals surface area contributed by atoms with Gasteiger partial charge in [-0.1, -0.05) is 13.8 Å². The second-order valence-electron chi connectivity index (χ2n) is 6.39. The number of anilines is 1. The van der Waals surface area contributed by atoms with Gasteiger partial charge in [-0.3, -0.25) is 9.36 Å². The van der Waals surface area contributed by atoms with Crippen LogP contribution in [0.2, 0.25) is 0 Å². The molecule has 0 aromatic carbocycles. The molecule has 5 nitrogen and oxygen atoms in total. The lowest BCUT2D eigenvalue weighted by Gasteiger charge is -2.09. The molecule has 0 atom stereocenters. The van der Waals surface area contributed by atoms with E-state index in [1.54, 1.807) is 0 Å². The third-order valence-corrected chi connectivity index (χ3v) is 3.60. The lowest BCUT2D eigenvalue weighted by atomic mass is 10.2. The molecule has 0 fully saturated rings. The van der Waals surface area contributed by atoms with E-state index < -0.39 is 0 Å². The van der Waals surface area contributed by atoms with Gasteiger partial charge in [-0.15, -0.1) is 0 Å². The molecule has 2 heterocycles. The third kappa shape index (κ3) is 3.65. The molecule has 2 aromatic heterocycles. The van der Waals surface area contributed by atoms with Gasteiger partial charge in [0.2, 0.25) is 0 Å². The average molecular weight is 289 g/mol. The average Bonchev–Trinajstić information content (AvgIpc) is 2.90. The zero-order valence-electron chi connectivity index (χ0n) is 14.0. The number of nitrogens with zero attached hydrogens (tertiary/aromatic N) is 4. The maximum Gasteiger partial charge on any atom is 0.0825 e. The van der Waals surface area contributed by atoms with Crippen LogP contribution in [0.3, 0.4) is 0 Å². The maximum absolute atomic E-state index is 4.55. The Kier molecular flexibility index (Phi) is 4.70. The highest BCUT2D eigenvalue weighted by Crippen LogP contribution is 2.17. The van der Waals surface area contributed by atoms with Crippen LogP contribution in [0.4, 0.5) is 5.69 Å². The second kappa shape index (κ2) is 6.33. The fraction of sp³-hybridized carbons (Fsp3) is 0.625. The van der Waals surface area contributed by atoms with E-state index in [4.69, 9.17) is 0 Å². The predicted molar refractivity (Wildman–Crippen MR) is 86.5 cm³/mol. The van der Waals surface area contributed by atoms with Gasteiger partial charge in [-0.05, 0) is 33.6 Å². The van der Waals surface area contributed by atoms with Gasteiger partial charge < -0.3 is 5.32 Å². The Bertz CT molecular complexity index is 592. The molecular formula is C16H27N5. The number of aryl methyl sites for hydroxylation is 1. The second-order valence-corrected chi connectivity index (χ2v) is 6.39. The van der Waals surface area contributed by atoms with Gasteiger partial charge in [0.25, 0.3) is 0 Å². The fourth-order valence-corrected chi connectivity index (χ4v) is 2.50. The van der Waals surface area contributed by atoms with Crippen molar-refractivity contribution < 1.29 is 0 Å². The van der Waals surface area contributed by atoms with Crippen LogP contribution in [0.1, 0.15) is 50.7 Å². The minimum atomic E-state index is 0.397. The largest absolute Gasteiger partial charge is 0.378 e. The van der Waals surface area contributed by atoms with Crippen molar-refractivity contribution in [3.8, 4) is 0 Å². The molecule has 0 bridgehead atoms. The Morgan fingerprint density at radius 2 is 1.90 bits per heavy atom. The lowest BCUT2D eigenvalue weighted by Crippen LogP contribution is -2.06. The van der Waals surface area contributed by atoms with E-state index in [9.17, 15) is 0 Å². The summed E-state index contributed by atoms with van der Waals surface area (Å²) in [6.07, 6.45) is 4.05. The van der Waals surface area contributed by atoms with Gasteiger partial charge in [0.1, 0.15) is 0 Å². The summed E-state index contributed by atoms with van der Waals surface area (Å²) in [5, 5.41) is 12.5. The molecule has 116 valence electrons. The minimum absolute atomic E-state index is 0.397. The van der Waals surface area contributed by atoms with Crippen LogP contribution in [-0.4, -0.2) is 19.6 Å². The standard InChI is InChI=1S/C16H27N5/c1-11(2)9-20-10-16(13(5)19-20)17-7-15-8-18-21(12(3)4)14(15)6/h8,10-12,17H,7,9H2,1-6H3. The first-order valence-electron chi connectivity index (χ1n) is 7.69. The highest BCUT2D eigenvalue weighted by atomic mass is 15.3. The van der Waals surface area contributed by atoms with E-state index in [-0.39, 0.29) is 0 Å². The third-order valence-electron chi connectivity index (χ3n) is 3.60. The zero-order valence-corrected chi connectivity index (χ0v) is 14.0.